The minimum Gasteiger partial charge on any atom is -0.377 e. The molecule has 0 amide bonds. The van der Waals surface area contributed by atoms with Crippen LogP contribution in [0.3, 0.4) is 0 Å². The van der Waals surface area contributed by atoms with E-state index in [1.165, 1.54) is 18.2 Å². The molecule has 6 heteroatoms. The molecule has 2 N–H and O–H groups in total. The molecular formula is C12H15F4NO. The van der Waals surface area contributed by atoms with Gasteiger partial charge in [-0.2, -0.15) is 13.2 Å². The SMILES string of the molecule is NCc1cc(F)ccc1COCCCC(F)(F)F. The van der Waals surface area contributed by atoms with Gasteiger partial charge in [0.15, 0.2) is 0 Å². The highest BCUT2D eigenvalue weighted by molar-refractivity contribution is 5.27. The van der Waals surface area contributed by atoms with Gasteiger partial charge in [0.1, 0.15) is 5.82 Å². The van der Waals surface area contributed by atoms with E-state index in [2.05, 4.69) is 0 Å². The lowest BCUT2D eigenvalue weighted by Crippen LogP contribution is -2.09. The Kier molecular flexibility index (Phi) is 5.55. The second-order valence-electron chi connectivity index (χ2n) is 3.89. The van der Waals surface area contributed by atoms with Gasteiger partial charge in [0, 0.05) is 19.6 Å². The third-order valence-electron chi connectivity index (χ3n) is 2.39. The fourth-order valence-corrected chi connectivity index (χ4v) is 1.48. The molecule has 1 aromatic carbocycles. The average molecular weight is 265 g/mol. The second kappa shape index (κ2) is 6.70. The highest BCUT2D eigenvalue weighted by Crippen LogP contribution is 2.21. The van der Waals surface area contributed by atoms with E-state index in [-0.39, 0.29) is 26.2 Å². The Morgan fingerprint density at radius 3 is 2.50 bits per heavy atom. The van der Waals surface area contributed by atoms with E-state index >= 15 is 0 Å². The van der Waals surface area contributed by atoms with Crippen LogP contribution in [0.1, 0.15) is 24.0 Å². The molecule has 0 aliphatic carbocycles. The summed E-state index contributed by atoms with van der Waals surface area (Å²) in [5.74, 6) is -0.392. The van der Waals surface area contributed by atoms with Crippen molar-refractivity contribution in [1.29, 1.82) is 0 Å². The molecule has 18 heavy (non-hydrogen) atoms. The van der Waals surface area contributed by atoms with Crippen LogP contribution in [0.25, 0.3) is 0 Å². The van der Waals surface area contributed by atoms with Gasteiger partial charge < -0.3 is 10.5 Å². The molecule has 0 atom stereocenters. The van der Waals surface area contributed by atoms with Crippen LogP contribution in [0.15, 0.2) is 18.2 Å². The monoisotopic (exact) mass is 265 g/mol. The standard InChI is InChI=1S/C12H15F4NO/c13-11-3-2-9(10(6-11)7-17)8-18-5-1-4-12(14,15)16/h2-3,6H,1,4-5,7-8,17H2. The summed E-state index contributed by atoms with van der Waals surface area (Å²) in [6.07, 6.45) is -5.09. The topological polar surface area (TPSA) is 35.2 Å². The summed E-state index contributed by atoms with van der Waals surface area (Å²) >= 11 is 0. The smallest absolute Gasteiger partial charge is 0.377 e. The molecule has 0 spiro atoms. The predicted molar refractivity (Wildman–Crippen MR) is 59.2 cm³/mol. The summed E-state index contributed by atoms with van der Waals surface area (Å²) in [5, 5.41) is 0. The van der Waals surface area contributed by atoms with Crippen molar-refractivity contribution in [2.45, 2.75) is 32.2 Å². The Bertz CT molecular complexity index is 379. The van der Waals surface area contributed by atoms with Gasteiger partial charge in [0.25, 0.3) is 0 Å². The van der Waals surface area contributed by atoms with Crippen molar-refractivity contribution in [2.75, 3.05) is 6.61 Å². The quantitative estimate of drug-likeness (QED) is 0.633. The lowest BCUT2D eigenvalue weighted by Gasteiger charge is -2.10. The molecule has 0 aliphatic heterocycles. The number of alkyl halides is 3. The minimum atomic E-state index is -4.15. The van der Waals surface area contributed by atoms with Gasteiger partial charge in [-0.3, -0.25) is 0 Å². The average Bonchev–Trinajstić information content (AvgIpc) is 2.28. The number of halogens is 4. The molecular weight excluding hydrogens is 250 g/mol. The van der Waals surface area contributed by atoms with Crippen LogP contribution in [0, 0.1) is 5.82 Å². The number of hydrogen-bond donors (Lipinski definition) is 1. The predicted octanol–water partition coefficient (Wildman–Crippen LogP) is 3.14. The van der Waals surface area contributed by atoms with Crippen LogP contribution in [-0.2, 0) is 17.9 Å². The van der Waals surface area contributed by atoms with Gasteiger partial charge in [-0.1, -0.05) is 6.07 Å². The molecule has 0 saturated heterocycles. The molecule has 0 unspecified atom stereocenters. The van der Waals surface area contributed by atoms with Crippen molar-refractivity contribution < 1.29 is 22.3 Å². The first-order chi connectivity index (χ1) is 8.42. The summed E-state index contributed by atoms with van der Waals surface area (Å²) in [4.78, 5) is 0. The highest BCUT2D eigenvalue weighted by atomic mass is 19.4. The van der Waals surface area contributed by atoms with Crippen LogP contribution in [0.2, 0.25) is 0 Å². The molecule has 0 heterocycles. The lowest BCUT2D eigenvalue weighted by atomic mass is 10.1. The molecule has 102 valence electrons. The largest absolute Gasteiger partial charge is 0.389 e. The number of hydrogen-bond acceptors (Lipinski definition) is 2. The Morgan fingerprint density at radius 1 is 1.17 bits per heavy atom. The first-order valence-electron chi connectivity index (χ1n) is 5.54. The molecule has 0 radical (unpaired) electrons. The van der Waals surface area contributed by atoms with Crippen LogP contribution >= 0.6 is 0 Å². The number of rotatable bonds is 6. The molecule has 2 nitrogen and oxygen atoms in total. The van der Waals surface area contributed by atoms with Crippen LogP contribution in [0.5, 0.6) is 0 Å². The maximum Gasteiger partial charge on any atom is 0.389 e. The van der Waals surface area contributed by atoms with Gasteiger partial charge >= 0.3 is 6.18 Å². The summed E-state index contributed by atoms with van der Waals surface area (Å²) in [5.41, 5.74) is 6.74. The van der Waals surface area contributed by atoms with Crippen molar-refractivity contribution in [2.24, 2.45) is 5.73 Å². The maximum absolute atomic E-state index is 12.9. The van der Waals surface area contributed by atoms with Crippen LogP contribution in [-0.4, -0.2) is 12.8 Å². The van der Waals surface area contributed by atoms with Gasteiger partial charge in [0.05, 0.1) is 6.61 Å². The molecule has 0 bridgehead atoms. The van der Waals surface area contributed by atoms with Crippen LogP contribution < -0.4 is 5.73 Å². The fraction of sp³-hybridized carbons (Fsp3) is 0.500. The van der Waals surface area contributed by atoms with E-state index in [1.807, 2.05) is 0 Å². The lowest BCUT2D eigenvalue weighted by molar-refractivity contribution is -0.138. The first-order valence-corrected chi connectivity index (χ1v) is 5.54. The Balaban J connectivity index is 2.35. The molecule has 0 aromatic heterocycles. The van der Waals surface area contributed by atoms with Crippen molar-refractivity contribution >= 4 is 0 Å². The summed E-state index contributed by atoms with van der Waals surface area (Å²) in [6.45, 7) is 0.324. The molecule has 1 aromatic rings. The van der Waals surface area contributed by atoms with E-state index in [0.29, 0.717) is 11.1 Å². The zero-order valence-corrected chi connectivity index (χ0v) is 9.77. The Hall–Kier alpha value is -1.14. The van der Waals surface area contributed by atoms with E-state index in [4.69, 9.17) is 10.5 Å². The Labute approximate surface area is 103 Å². The summed E-state index contributed by atoms with van der Waals surface area (Å²) < 4.78 is 53.6. The van der Waals surface area contributed by atoms with E-state index < -0.39 is 18.4 Å². The minimum absolute atomic E-state index is 0.0148. The third kappa shape index (κ3) is 5.46. The third-order valence-corrected chi connectivity index (χ3v) is 2.39. The highest BCUT2D eigenvalue weighted by Gasteiger charge is 2.25. The zero-order chi connectivity index (χ0) is 13.6. The van der Waals surface area contributed by atoms with Crippen molar-refractivity contribution in [3.8, 4) is 0 Å². The normalized spacial score (nSPS) is 11.8. The summed E-state index contributed by atoms with van der Waals surface area (Å²) in [7, 11) is 0. The number of benzene rings is 1. The van der Waals surface area contributed by atoms with E-state index in [9.17, 15) is 17.6 Å². The van der Waals surface area contributed by atoms with Crippen LogP contribution in [0.4, 0.5) is 17.6 Å². The van der Waals surface area contributed by atoms with Gasteiger partial charge in [-0.25, -0.2) is 4.39 Å². The van der Waals surface area contributed by atoms with Crippen molar-refractivity contribution in [3.63, 3.8) is 0 Å². The van der Waals surface area contributed by atoms with E-state index in [1.54, 1.807) is 0 Å². The molecule has 0 fully saturated rings. The van der Waals surface area contributed by atoms with Crippen molar-refractivity contribution in [1.82, 2.24) is 0 Å². The fourth-order valence-electron chi connectivity index (χ4n) is 1.48. The van der Waals surface area contributed by atoms with E-state index in [0.717, 1.165) is 0 Å². The van der Waals surface area contributed by atoms with Crippen molar-refractivity contribution in [3.05, 3.63) is 35.1 Å². The first kappa shape index (κ1) is 14.9. The summed E-state index contributed by atoms with van der Waals surface area (Å²) in [6, 6.07) is 4.10. The number of nitrogens with two attached hydrogens (primary N) is 1. The second-order valence-corrected chi connectivity index (χ2v) is 3.89. The zero-order valence-electron chi connectivity index (χ0n) is 9.77. The maximum atomic E-state index is 12.9. The Morgan fingerprint density at radius 2 is 1.89 bits per heavy atom. The van der Waals surface area contributed by atoms with Gasteiger partial charge in [0.2, 0.25) is 0 Å². The van der Waals surface area contributed by atoms with Gasteiger partial charge in [-0.15, -0.1) is 0 Å². The molecule has 1 rings (SSSR count). The molecule has 0 aliphatic rings. The molecule has 0 saturated carbocycles. The number of ether oxygens (including phenoxy) is 1. The van der Waals surface area contributed by atoms with Gasteiger partial charge in [-0.05, 0) is 29.7 Å².